The highest BCUT2D eigenvalue weighted by Gasteiger charge is 2.56. The average molecular weight is 828 g/mol. The van der Waals surface area contributed by atoms with Crippen molar-refractivity contribution in [2.75, 3.05) is 40.9 Å². The topological polar surface area (TPSA) is 138 Å². The van der Waals surface area contributed by atoms with E-state index in [0.717, 1.165) is 22.3 Å². The van der Waals surface area contributed by atoms with E-state index in [0.29, 0.717) is 6.61 Å². The smallest absolute Gasteiger partial charge is 0.338 e. The van der Waals surface area contributed by atoms with Gasteiger partial charge in [-0.2, -0.15) is 0 Å². The number of ether oxygens (including phenoxy) is 10. The van der Waals surface area contributed by atoms with Crippen LogP contribution in [0, 0.1) is 0 Å². The monoisotopic (exact) mass is 827 g/mol. The van der Waals surface area contributed by atoms with Gasteiger partial charge in [0, 0.05) is 19.8 Å². The molecule has 1 amide bonds. The first kappa shape index (κ1) is 46.3. The molecule has 60 heavy (non-hydrogen) atoms. The summed E-state index contributed by atoms with van der Waals surface area (Å²) in [4.78, 5) is 26.8. The number of rotatable bonds is 27. The van der Waals surface area contributed by atoms with E-state index in [9.17, 15) is 9.59 Å². The molecular formula is C47H57NO12. The van der Waals surface area contributed by atoms with Crippen molar-refractivity contribution in [1.29, 1.82) is 0 Å². The third kappa shape index (κ3) is 15.0. The Morgan fingerprint density at radius 3 is 1.63 bits per heavy atom. The second kappa shape index (κ2) is 25.7. The van der Waals surface area contributed by atoms with E-state index in [2.05, 4.69) is 11.9 Å². The van der Waals surface area contributed by atoms with Gasteiger partial charge in [-0.3, -0.25) is 4.79 Å². The Balaban J connectivity index is 1.44. The molecule has 13 heteroatoms. The largest absolute Gasteiger partial charge is 0.467 e. The summed E-state index contributed by atoms with van der Waals surface area (Å²) in [6.07, 6.45) is -2.34. The number of benzene rings is 4. The SMILES string of the molecule is C=CC[C@@]1(C(=O)OC)C[C@H](OCOCc2ccccc2)[C@@H](NC(C)=O)[C@H]([C@@H](OCOCc2ccccc2)[C@@H](COCOCc2ccccc2)OCOCc2ccccc2)O1. The lowest BCUT2D eigenvalue weighted by atomic mass is 9.81. The standard InChI is InChI=1S/C47H57NO12/c1-4-25-47(46(50)51-3)26-41(57-33-53-28-38-19-11-6-12-20-38)43(48-36(2)49)45(60-47)44(59-35-55-30-40-23-15-8-16-24-40)42(58-34-54-29-39-21-13-7-14-22-39)31-56-32-52-27-37-17-9-5-10-18-37/h4-24,41-45H,1,25-35H2,2-3H3,(H,48,49)/t41-,42+,43+,44-,45+,47-/m0/s1. The minimum atomic E-state index is -1.60. The van der Waals surface area contributed by atoms with Gasteiger partial charge in [0.2, 0.25) is 5.91 Å². The van der Waals surface area contributed by atoms with Crippen molar-refractivity contribution in [2.45, 2.75) is 82.3 Å². The van der Waals surface area contributed by atoms with Gasteiger partial charge in [-0.25, -0.2) is 4.79 Å². The van der Waals surface area contributed by atoms with Crippen molar-refractivity contribution >= 4 is 11.9 Å². The summed E-state index contributed by atoms with van der Waals surface area (Å²) in [6.45, 7) is 5.74. The summed E-state index contributed by atoms with van der Waals surface area (Å²) in [5.41, 5.74) is 2.22. The van der Waals surface area contributed by atoms with Crippen LogP contribution in [-0.4, -0.2) is 88.8 Å². The number of carbonyl (C=O) groups is 2. The molecule has 0 unspecified atom stereocenters. The van der Waals surface area contributed by atoms with E-state index in [4.69, 9.17) is 47.4 Å². The molecule has 1 heterocycles. The zero-order valence-corrected chi connectivity index (χ0v) is 34.4. The number of hydrogen-bond acceptors (Lipinski definition) is 12. The molecule has 1 aliphatic heterocycles. The normalized spacial score (nSPS) is 19.9. The maximum atomic E-state index is 13.8. The van der Waals surface area contributed by atoms with Crippen molar-refractivity contribution in [2.24, 2.45) is 0 Å². The third-order valence-corrected chi connectivity index (χ3v) is 9.71. The molecule has 0 aliphatic carbocycles. The Bertz CT molecular complexity index is 1800. The molecule has 6 atom stereocenters. The van der Waals surface area contributed by atoms with E-state index in [1.165, 1.54) is 14.0 Å². The lowest BCUT2D eigenvalue weighted by Gasteiger charge is -2.49. The van der Waals surface area contributed by atoms with Crippen molar-refractivity contribution < 1.29 is 57.0 Å². The predicted octanol–water partition coefficient (Wildman–Crippen LogP) is 6.64. The Hall–Kier alpha value is -4.80. The van der Waals surface area contributed by atoms with Crippen LogP contribution in [0.3, 0.4) is 0 Å². The first-order valence-corrected chi connectivity index (χ1v) is 19.9. The molecule has 4 aromatic carbocycles. The summed E-state index contributed by atoms with van der Waals surface area (Å²) < 4.78 is 61.4. The van der Waals surface area contributed by atoms with Gasteiger partial charge >= 0.3 is 5.97 Å². The van der Waals surface area contributed by atoms with Gasteiger partial charge in [-0.15, -0.1) is 6.58 Å². The van der Waals surface area contributed by atoms with Crippen LogP contribution in [0.1, 0.15) is 42.0 Å². The number of amides is 1. The summed E-state index contributed by atoms with van der Waals surface area (Å²) in [5, 5.41) is 3.02. The first-order chi connectivity index (χ1) is 29.4. The Labute approximate surface area is 352 Å². The molecule has 0 radical (unpaired) electrons. The van der Waals surface area contributed by atoms with Gasteiger partial charge in [0.1, 0.15) is 45.5 Å². The fraction of sp³-hybridized carbons (Fsp3) is 0.404. The summed E-state index contributed by atoms with van der Waals surface area (Å²) >= 11 is 0. The van der Waals surface area contributed by atoms with Gasteiger partial charge in [0.05, 0.1) is 52.3 Å². The molecule has 322 valence electrons. The molecule has 0 spiro atoms. The van der Waals surface area contributed by atoms with Gasteiger partial charge in [-0.05, 0) is 22.3 Å². The van der Waals surface area contributed by atoms with Crippen LogP contribution in [0.5, 0.6) is 0 Å². The van der Waals surface area contributed by atoms with Crippen LogP contribution in [0.15, 0.2) is 134 Å². The molecular weight excluding hydrogens is 771 g/mol. The van der Waals surface area contributed by atoms with E-state index in [-0.39, 0.29) is 72.3 Å². The molecule has 1 fully saturated rings. The van der Waals surface area contributed by atoms with Crippen molar-refractivity contribution in [1.82, 2.24) is 5.32 Å². The van der Waals surface area contributed by atoms with E-state index < -0.39 is 42.0 Å². The predicted molar refractivity (Wildman–Crippen MR) is 222 cm³/mol. The molecule has 1 N–H and O–H groups in total. The van der Waals surface area contributed by atoms with Crippen LogP contribution in [0.2, 0.25) is 0 Å². The van der Waals surface area contributed by atoms with Crippen LogP contribution in [0.4, 0.5) is 0 Å². The molecule has 0 saturated carbocycles. The van der Waals surface area contributed by atoms with Crippen LogP contribution < -0.4 is 5.32 Å². The Morgan fingerprint density at radius 1 is 0.700 bits per heavy atom. The minimum absolute atomic E-state index is 0.00536. The van der Waals surface area contributed by atoms with Gasteiger partial charge < -0.3 is 52.7 Å². The highest BCUT2D eigenvalue weighted by atomic mass is 16.7. The summed E-state index contributed by atoms with van der Waals surface area (Å²) in [5.74, 6) is -1.02. The zero-order valence-electron chi connectivity index (χ0n) is 34.4. The summed E-state index contributed by atoms with van der Waals surface area (Å²) in [7, 11) is 1.29. The van der Waals surface area contributed by atoms with Crippen molar-refractivity contribution in [3.8, 4) is 0 Å². The highest BCUT2D eigenvalue weighted by Crippen LogP contribution is 2.38. The van der Waals surface area contributed by atoms with Crippen LogP contribution in [-0.2, 0) is 83.4 Å². The Kier molecular flexibility index (Phi) is 19.8. The fourth-order valence-corrected chi connectivity index (χ4v) is 6.86. The van der Waals surface area contributed by atoms with Gasteiger partial charge in [-0.1, -0.05) is 127 Å². The van der Waals surface area contributed by atoms with Crippen LogP contribution in [0.25, 0.3) is 0 Å². The van der Waals surface area contributed by atoms with Crippen molar-refractivity contribution in [3.05, 3.63) is 156 Å². The number of methoxy groups -OCH3 is 1. The maximum Gasteiger partial charge on any atom is 0.338 e. The Morgan fingerprint density at radius 2 is 1.17 bits per heavy atom. The number of hydrogen-bond donors (Lipinski definition) is 1. The molecule has 4 aromatic rings. The van der Waals surface area contributed by atoms with Gasteiger partial charge in [0.25, 0.3) is 0 Å². The molecule has 13 nitrogen and oxygen atoms in total. The number of carbonyl (C=O) groups excluding carboxylic acids is 2. The number of esters is 1. The molecule has 0 aromatic heterocycles. The molecule has 0 bridgehead atoms. The van der Waals surface area contributed by atoms with Crippen LogP contribution >= 0.6 is 0 Å². The maximum absolute atomic E-state index is 13.8. The second-order valence-electron chi connectivity index (χ2n) is 14.2. The minimum Gasteiger partial charge on any atom is -0.467 e. The van der Waals surface area contributed by atoms with E-state index >= 15 is 0 Å². The van der Waals surface area contributed by atoms with E-state index in [1.807, 2.05) is 121 Å². The lowest BCUT2D eigenvalue weighted by molar-refractivity contribution is -0.271. The van der Waals surface area contributed by atoms with Gasteiger partial charge in [0.15, 0.2) is 5.60 Å². The average Bonchev–Trinajstić information content (AvgIpc) is 3.28. The molecule has 1 aliphatic rings. The zero-order chi connectivity index (χ0) is 42.3. The summed E-state index contributed by atoms with van der Waals surface area (Å²) in [6, 6.07) is 37.8. The van der Waals surface area contributed by atoms with E-state index in [1.54, 1.807) is 6.08 Å². The quantitative estimate of drug-likeness (QED) is 0.0299. The first-order valence-electron chi connectivity index (χ1n) is 19.9. The fourth-order valence-electron chi connectivity index (χ4n) is 6.86. The molecule has 5 rings (SSSR count). The molecule has 1 saturated heterocycles. The number of nitrogens with one attached hydrogen (secondary N) is 1. The highest BCUT2D eigenvalue weighted by molar-refractivity contribution is 5.80. The second-order valence-corrected chi connectivity index (χ2v) is 14.2. The lowest BCUT2D eigenvalue weighted by Crippen LogP contribution is -2.68. The van der Waals surface area contributed by atoms with Crippen molar-refractivity contribution in [3.63, 3.8) is 0 Å². The third-order valence-electron chi connectivity index (χ3n) is 9.71.